The van der Waals surface area contributed by atoms with Gasteiger partial charge in [-0.1, -0.05) is 109 Å². The first-order valence-electron chi connectivity index (χ1n) is 11.2. The molecular formula is C31H23NO2. The van der Waals surface area contributed by atoms with Crippen molar-refractivity contribution in [1.82, 2.24) is 4.57 Å². The molecule has 0 saturated carbocycles. The molecule has 0 amide bonds. The fourth-order valence-electron chi connectivity index (χ4n) is 4.19. The van der Waals surface area contributed by atoms with Crippen molar-refractivity contribution >= 4 is 11.6 Å². The molecule has 0 aliphatic carbocycles. The van der Waals surface area contributed by atoms with Gasteiger partial charge in [0.1, 0.15) is 0 Å². The summed E-state index contributed by atoms with van der Waals surface area (Å²) in [6.07, 6.45) is 0. The van der Waals surface area contributed by atoms with Gasteiger partial charge in [0.2, 0.25) is 0 Å². The molecule has 0 bridgehead atoms. The molecule has 0 N–H and O–H groups in total. The van der Waals surface area contributed by atoms with E-state index in [4.69, 9.17) is 0 Å². The Morgan fingerprint density at radius 2 is 0.765 bits per heavy atom. The number of hydrogen-bond acceptors (Lipinski definition) is 2. The van der Waals surface area contributed by atoms with Crippen LogP contribution in [0.25, 0.3) is 22.5 Å². The minimum Gasteiger partial charge on any atom is -0.344 e. The van der Waals surface area contributed by atoms with E-state index >= 15 is 0 Å². The van der Waals surface area contributed by atoms with Crippen LogP contribution in [0.3, 0.4) is 0 Å². The Balaban J connectivity index is 1.37. The van der Waals surface area contributed by atoms with Crippen molar-refractivity contribution in [3.63, 3.8) is 0 Å². The predicted octanol–water partition coefficient (Wildman–Crippen LogP) is 6.82. The highest BCUT2D eigenvalue weighted by Crippen LogP contribution is 2.29. The maximum absolute atomic E-state index is 12.7. The van der Waals surface area contributed by atoms with E-state index in [9.17, 15) is 9.59 Å². The van der Waals surface area contributed by atoms with Gasteiger partial charge in [-0.15, -0.1) is 0 Å². The average molecular weight is 442 g/mol. The minimum atomic E-state index is 0.0184. The molecule has 5 aromatic rings. The largest absolute Gasteiger partial charge is 0.344 e. The molecule has 0 spiro atoms. The molecular weight excluding hydrogens is 418 g/mol. The van der Waals surface area contributed by atoms with Gasteiger partial charge in [0.15, 0.2) is 11.6 Å². The lowest BCUT2D eigenvalue weighted by Crippen LogP contribution is -2.01. The third-order valence-electron chi connectivity index (χ3n) is 6.08. The summed E-state index contributed by atoms with van der Waals surface area (Å²) in [5, 5.41) is 0. The lowest BCUT2D eigenvalue weighted by molar-refractivity contribution is 0.103. The van der Waals surface area contributed by atoms with Gasteiger partial charge in [0.05, 0.1) is 0 Å². The number of rotatable bonds is 6. The molecule has 0 fully saturated rings. The first-order chi connectivity index (χ1) is 16.6. The van der Waals surface area contributed by atoms with Gasteiger partial charge in [-0.05, 0) is 23.3 Å². The SMILES string of the molecule is Cn1c(-c2ccc(C(=O)c3ccccc3)cc2)ccc1-c1ccc(C(=O)c2ccccc2)cc1. The zero-order chi connectivity index (χ0) is 23.5. The molecule has 164 valence electrons. The number of hydrogen-bond donors (Lipinski definition) is 0. The Morgan fingerprint density at radius 1 is 0.441 bits per heavy atom. The number of ketones is 2. The average Bonchev–Trinajstić information content (AvgIpc) is 3.30. The highest BCUT2D eigenvalue weighted by atomic mass is 16.1. The zero-order valence-electron chi connectivity index (χ0n) is 18.8. The highest BCUT2D eigenvalue weighted by molar-refractivity contribution is 6.09. The van der Waals surface area contributed by atoms with Crippen molar-refractivity contribution < 1.29 is 9.59 Å². The van der Waals surface area contributed by atoms with Crippen LogP contribution >= 0.6 is 0 Å². The van der Waals surface area contributed by atoms with E-state index in [0.717, 1.165) is 22.5 Å². The Bertz CT molecular complexity index is 1330. The summed E-state index contributed by atoms with van der Waals surface area (Å²) < 4.78 is 2.13. The lowest BCUT2D eigenvalue weighted by atomic mass is 10.0. The molecule has 0 aliphatic rings. The van der Waals surface area contributed by atoms with Crippen molar-refractivity contribution in [2.75, 3.05) is 0 Å². The maximum atomic E-state index is 12.7. The summed E-state index contributed by atoms with van der Waals surface area (Å²) >= 11 is 0. The van der Waals surface area contributed by atoms with Gasteiger partial charge in [-0.3, -0.25) is 9.59 Å². The number of aromatic nitrogens is 1. The Kier molecular flexibility index (Phi) is 5.75. The van der Waals surface area contributed by atoms with Crippen LogP contribution in [-0.4, -0.2) is 16.1 Å². The summed E-state index contributed by atoms with van der Waals surface area (Å²) in [4.78, 5) is 25.4. The molecule has 0 aliphatic heterocycles. The highest BCUT2D eigenvalue weighted by Gasteiger charge is 2.13. The van der Waals surface area contributed by atoms with E-state index in [1.165, 1.54) is 0 Å². The van der Waals surface area contributed by atoms with E-state index in [2.05, 4.69) is 16.7 Å². The lowest BCUT2D eigenvalue weighted by Gasteiger charge is -2.10. The first-order valence-corrected chi connectivity index (χ1v) is 11.2. The van der Waals surface area contributed by atoms with Crippen LogP contribution in [0.2, 0.25) is 0 Å². The Labute approximate surface area is 198 Å². The normalized spacial score (nSPS) is 10.7. The van der Waals surface area contributed by atoms with Crippen molar-refractivity contribution in [3.05, 3.63) is 144 Å². The van der Waals surface area contributed by atoms with Crippen molar-refractivity contribution in [2.24, 2.45) is 7.05 Å². The van der Waals surface area contributed by atoms with Gasteiger partial charge in [-0.2, -0.15) is 0 Å². The minimum absolute atomic E-state index is 0.0184. The smallest absolute Gasteiger partial charge is 0.193 e. The fraction of sp³-hybridized carbons (Fsp3) is 0.0323. The molecule has 0 unspecified atom stereocenters. The summed E-state index contributed by atoms with van der Waals surface area (Å²) in [7, 11) is 2.02. The number of benzene rings is 4. The quantitative estimate of drug-likeness (QED) is 0.271. The molecule has 0 atom stereocenters. The predicted molar refractivity (Wildman–Crippen MR) is 136 cm³/mol. The van der Waals surface area contributed by atoms with E-state index in [-0.39, 0.29) is 11.6 Å². The second kappa shape index (κ2) is 9.16. The molecule has 3 heteroatoms. The van der Waals surface area contributed by atoms with E-state index in [0.29, 0.717) is 22.3 Å². The van der Waals surface area contributed by atoms with Crippen LogP contribution in [0.1, 0.15) is 31.8 Å². The van der Waals surface area contributed by atoms with Crippen LogP contribution < -0.4 is 0 Å². The Morgan fingerprint density at radius 3 is 1.12 bits per heavy atom. The summed E-state index contributed by atoms with van der Waals surface area (Å²) in [6.45, 7) is 0. The molecule has 1 aromatic heterocycles. The van der Waals surface area contributed by atoms with E-state index in [1.807, 2.05) is 116 Å². The first kappa shape index (κ1) is 21.4. The van der Waals surface area contributed by atoms with Crippen LogP contribution in [0.15, 0.2) is 121 Å². The molecule has 34 heavy (non-hydrogen) atoms. The van der Waals surface area contributed by atoms with Crippen molar-refractivity contribution in [1.29, 1.82) is 0 Å². The Hall–Kier alpha value is -4.50. The number of nitrogens with zero attached hydrogens (tertiary/aromatic N) is 1. The summed E-state index contributed by atoms with van der Waals surface area (Å²) in [6, 6.07) is 38.2. The monoisotopic (exact) mass is 441 g/mol. The van der Waals surface area contributed by atoms with Crippen LogP contribution in [-0.2, 0) is 7.05 Å². The topological polar surface area (TPSA) is 39.1 Å². The number of carbonyl (C=O) groups is 2. The molecule has 4 aromatic carbocycles. The van der Waals surface area contributed by atoms with Crippen molar-refractivity contribution in [3.8, 4) is 22.5 Å². The van der Waals surface area contributed by atoms with Gasteiger partial charge in [0, 0.05) is 40.7 Å². The third-order valence-corrected chi connectivity index (χ3v) is 6.08. The standard InChI is InChI=1S/C31H23NO2/c1-32-28(22-12-16-26(17-13-22)30(33)24-8-4-2-5-9-24)20-21-29(32)23-14-18-27(19-15-23)31(34)25-10-6-3-7-11-25/h2-21H,1H3. The van der Waals surface area contributed by atoms with Crippen molar-refractivity contribution in [2.45, 2.75) is 0 Å². The molecule has 1 heterocycles. The second-order valence-electron chi connectivity index (χ2n) is 8.21. The van der Waals surface area contributed by atoms with Gasteiger partial charge in [-0.25, -0.2) is 0 Å². The number of carbonyl (C=O) groups excluding carboxylic acids is 2. The molecule has 0 saturated heterocycles. The van der Waals surface area contributed by atoms with Crippen LogP contribution in [0.4, 0.5) is 0 Å². The maximum Gasteiger partial charge on any atom is 0.193 e. The van der Waals surface area contributed by atoms with Crippen LogP contribution in [0.5, 0.6) is 0 Å². The molecule has 3 nitrogen and oxygen atoms in total. The molecule has 0 radical (unpaired) electrons. The third kappa shape index (κ3) is 4.12. The fourth-order valence-corrected chi connectivity index (χ4v) is 4.19. The molecule has 5 rings (SSSR count). The zero-order valence-corrected chi connectivity index (χ0v) is 18.8. The van der Waals surface area contributed by atoms with E-state index < -0.39 is 0 Å². The van der Waals surface area contributed by atoms with Gasteiger partial charge in [0.25, 0.3) is 0 Å². The van der Waals surface area contributed by atoms with E-state index in [1.54, 1.807) is 0 Å². The van der Waals surface area contributed by atoms with Crippen LogP contribution in [0, 0.1) is 0 Å². The summed E-state index contributed by atoms with van der Waals surface area (Å²) in [5.41, 5.74) is 6.89. The second-order valence-corrected chi connectivity index (χ2v) is 8.21. The summed E-state index contributed by atoms with van der Waals surface area (Å²) in [5.74, 6) is 0.0368. The van der Waals surface area contributed by atoms with Gasteiger partial charge < -0.3 is 4.57 Å². The van der Waals surface area contributed by atoms with Gasteiger partial charge >= 0.3 is 0 Å².